The van der Waals surface area contributed by atoms with E-state index in [-0.39, 0.29) is 35.3 Å². The van der Waals surface area contributed by atoms with Crippen LogP contribution in [0.2, 0.25) is 5.15 Å². The van der Waals surface area contributed by atoms with E-state index in [0.717, 1.165) is 96.4 Å². The molecule has 4 aromatic heterocycles. The summed E-state index contributed by atoms with van der Waals surface area (Å²) >= 11 is 6.26. The van der Waals surface area contributed by atoms with Gasteiger partial charge < -0.3 is 19.6 Å². The van der Waals surface area contributed by atoms with Crippen LogP contribution < -0.4 is 14.3 Å². The van der Waals surface area contributed by atoms with Crippen molar-refractivity contribution in [3.05, 3.63) is 111 Å². The van der Waals surface area contributed by atoms with Gasteiger partial charge in [0.05, 0.1) is 58.5 Å². The molecule has 2 aliphatic heterocycles. The fourth-order valence-corrected chi connectivity index (χ4v) is 9.91. The van der Waals surface area contributed by atoms with Crippen molar-refractivity contribution in [1.29, 1.82) is 0 Å². The SMILES string of the molecule is Cc1cc(Cl)n2nc([C@@H]3CCCCN3C(=O)OC(C)(C)C)cc2n1.Cc1ccc(NS(C)(=O)=O)c(C(=O)N2CCCC[C@H]2c2cc3nc(C)cc(N(C)C)n3n2)c1.Cc1ccc(NS(C)(=O)=O)c(C(=O)O)c1. The van der Waals surface area contributed by atoms with Gasteiger partial charge in [0.1, 0.15) is 16.6 Å². The van der Waals surface area contributed by atoms with E-state index in [4.69, 9.17) is 26.5 Å². The van der Waals surface area contributed by atoms with Crippen LogP contribution in [-0.4, -0.2) is 124 Å². The summed E-state index contributed by atoms with van der Waals surface area (Å²) in [4.78, 5) is 51.8. The Kier molecular flexibility index (Phi) is 16.8. The van der Waals surface area contributed by atoms with E-state index in [1.54, 1.807) is 46.7 Å². The predicted octanol–water partition coefficient (Wildman–Crippen LogP) is 8.37. The minimum Gasteiger partial charge on any atom is -0.478 e. The Hall–Kier alpha value is -6.52. The fourth-order valence-electron chi connectivity index (χ4n) is 8.48. The number of ether oxygens (including phenoxy) is 1. The number of carbonyl (C=O) groups excluding carboxylic acids is 2. The number of aromatic carboxylic acids is 1. The van der Waals surface area contributed by atoms with E-state index < -0.39 is 31.6 Å². The summed E-state index contributed by atoms with van der Waals surface area (Å²) in [6.45, 7) is 14.3. The highest BCUT2D eigenvalue weighted by atomic mass is 35.5. The Balaban J connectivity index is 0.000000190. The average molecular weight is 1050 g/mol. The van der Waals surface area contributed by atoms with Crippen molar-refractivity contribution >= 4 is 78.1 Å². The maximum atomic E-state index is 13.7. The third kappa shape index (κ3) is 14.1. The van der Waals surface area contributed by atoms with Crippen LogP contribution in [0.3, 0.4) is 0 Å². The summed E-state index contributed by atoms with van der Waals surface area (Å²) in [6.07, 6.45) is 7.30. The fraction of sp³-hybridized carbons (Fsp3) is 0.449. The molecule has 3 N–H and O–H groups in total. The number of nitrogens with one attached hydrogen (secondary N) is 2. The standard InChI is InChI=1S/C23H30N6O3S.C17H23ClN4O2.C9H11NO4S/c1-15-9-10-18(26-33(5,31)32)17(12-15)23(30)28-11-7-6-8-20(28)19-14-21-24-16(2)13-22(27(3)4)29(21)25-19;1-11-9-14(18)22-15(19-11)10-12(20-22)13-7-5-6-8-21(13)16(23)24-17(2,3)4;1-6-3-4-8(10-15(2,13)14)7(5-6)9(11)12/h9-10,12-14,20,26H,6-8,11H2,1-5H3;9-10,13H,5-8H2,1-4H3;3-5,10H,1-2H3,(H,11,12)/t20-;13-;/m00./s1. The van der Waals surface area contributed by atoms with Crippen molar-refractivity contribution < 1.29 is 41.1 Å². The lowest BCUT2D eigenvalue weighted by atomic mass is 9.97. The topological polar surface area (TPSA) is 243 Å². The predicted molar refractivity (Wildman–Crippen MR) is 278 cm³/mol. The molecule has 2 fully saturated rings. The van der Waals surface area contributed by atoms with Crippen LogP contribution in [0.4, 0.5) is 22.0 Å². The van der Waals surface area contributed by atoms with Gasteiger partial charge in [-0.05, 0) is 117 Å². The van der Waals surface area contributed by atoms with E-state index >= 15 is 0 Å². The largest absolute Gasteiger partial charge is 0.478 e. The minimum atomic E-state index is -3.53. The van der Waals surface area contributed by atoms with Gasteiger partial charge in [-0.15, -0.1) is 0 Å². The van der Waals surface area contributed by atoms with Crippen molar-refractivity contribution in [2.45, 2.75) is 105 Å². The van der Waals surface area contributed by atoms with Crippen molar-refractivity contribution in [2.24, 2.45) is 0 Å². The molecular weight excluding hydrogens is 986 g/mol. The molecule has 6 aromatic rings. The molecule has 0 bridgehead atoms. The monoisotopic (exact) mass is 1050 g/mol. The Morgan fingerprint density at radius 2 is 1.17 bits per heavy atom. The third-order valence-corrected chi connectivity index (χ3v) is 13.0. The van der Waals surface area contributed by atoms with E-state index in [0.29, 0.717) is 35.1 Å². The first-order valence-electron chi connectivity index (χ1n) is 23.4. The van der Waals surface area contributed by atoms with Crippen LogP contribution in [0.15, 0.2) is 60.7 Å². The number of aromatic nitrogens is 6. The second kappa shape index (κ2) is 22.1. The Labute approximate surface area is 425 Å². The molecule has 2 aliphatic rings. The summed E-state index contributed by atoms with van der Waals surface area (Å²) < 4.78 is 59.3. The van der Waals surface area contributed by atoms with Gasteiger partial charge in [0.25, 0.3) is 5.91 Å². The number of hydrogen-bond acceptors (Lipinski definition) is 13. The van der Waals surface area contributed by atoms with E-state index in [1.165, 1.54) is 12.1 Å². The summed E-state index contributed by atoms with van der Waals surface area (Å²) in [5, 5.41) is 18.8. The zero-order chi connectivity index (χ0) is 53.0. The highest BCUT2D eigenvalue weighted by molar-refractivity contribution is 7.92. The lowest BCUT2D eigenvalue weighted by Crippen LogP contribution is -2.42. The molecule has 0 spiro atoms. The first-order chi connectivity index (χ1) is 33.6. The maximum absolute atomic E-state index is 13.7. The smallest absolute Gasteiger partial charge is 0.410 e. The van der Waals surface area contributed by atoms with Crippen molar-refractivity contribution in [1.82, 2.24) is 39.0 Å². The number of piperidine rings is 2. The van der Waals surface area contributed by atoms with Crippen LogP contribution in [0.25, 0.3) is 11.3 Å². The zero-order valence-electron chi connectivity index (χ0n) is 42.5. The number of aryl methyl sites for hydroxylation is 4. The van der Waals surface area contributed by atoms with Crippen LogP contribution in [0.5, 0.6) is 0 Å². The number of halogens is 1. The Morgan fingerprint density at radius 1 is 0.694 bits per heavy atom. The second-order valence-corrected chi connectivity index (χ2v) is 23.3. The number of fused-ring (bicyclic) bond motifs is 2. The number of rotatable bonds is 9. The Bertz CT molecular complexity index is 3230. The molecule has 6 heterocycles. The number of hydrogen-bond donors (Lipinski definition) is 3. The molecule has 2 aromatic carbocycles. The molecule has 0 aliphatic carbocycles. The molecule has 23 heteroatoms. The number of benzene rings is 2. The molecule has 388 valence electrons. The number of anilines is 3. The van der Waals surface area contributed by atoms with E-state index in [2.05, 4.69) is 24.5 Å². The lowest BCUT2D eigenvalue weighted by molar-refractivity contribution is 0.00893. The van der Waals surface area contributed by atoms with Crippen LogP contribution in [0.1, 0.15) is 126 Å². The van der Waals surface area contributed by atoms with E-state index in [9.17, 15) is 31.2 Å². The molecule has 20 nitrogen and oxygen atoms in total. The normalized spacial score (nSPS) is 16.3. The number of carboxylic acids is 1. The van der Waals surface area contributed by atoms with Crippen molar-refractivity contribution in [2.75, 3.05) is 54.0 Å². The second-order valence-electron chi connectivity index (χ2n) is 19.4. The summed E-state index contributed by atoms with van der Waals surface area (Å²) in [5.41, 5.74) is 6.55. The molecule has 2 atom stereocenters. The quantitative estimate of drug-likeness (QED) is 0.115. The summed E-state index contributed by atoms with van der Waals surface area (Å²) in [6, 6.07) is 16.9. The average Bonchev–Trinajstić information content (AvgIpc) is 3.91. The number of amides is 2. The first kappa shape index (κ1) is 54.8. The van der Waals surface area contributed by atoms with Crippen molar-refractivity contribution in [3.63, 3.8) is 0 Å². The molecule has 8 rings (SSSR count). The number of nitrogens with zero attached hydrogens (tertiary/aromatic N) is 9. The van der Waals surface area contributed by atoms with Gasteiger partial charge in [-0.3, -0.25) is 19.1 Å². The molecule has 0 unspecified atom stereocenters. The van der Waals surface area contributed by atoms with Gasteiger partial charge in [0, 0.05) is 56.8 Å². The Morgan fingerprint density at radius 3 is 1.68 bits per heavy atom. The number of likely N-dealkylation sites (tertiary alicyclic amines) is 2. The highest BCUT2D eigenvalue weighted by Crippen LogP contribution is 2.35. The third-order valence-electron chi connectivity index (χ3n) is 11.5. The highest BCUT2D eigenvalue weighted by Gasteiger charge is 2.34. The molecular formula is C49H64ClN11O9S2. The number of carboxylic acid groups (broad SMARTS) is 1. The molecule has 2 amide bonds. The summed E-state index contributed by atoms with van der Waals surface area (Å²) in [7, 11) is -3.07. The minimum absolute atomic E-state index is 0.0552. The van der Waals surface area contributed by atoms with Crippen LogP contribution >= 0.6 is 11.6 Å². The number of carbonyl (C=O) groups is 3. The molecule has 2 saturated heterocycles. The summed E-state index contributed by atoms with van der Waals surface area (Å²) in [5.74, 6) is -0.454. The van der Waals surface area contributed by atoms with Gasteiger partial charge in [-0.1, -0.05) is 34.9 Å². The van der Waals surface area contributed by atoms with Crippen molar-refractivity contribution in [3.8, 4) is 0 Å². The van der Waals surface area contributed by atoms with Gasteiger partial charge in [0.15, 0.2) is 11.3 Å². The van der Waals surface area contributed by atoms with Gasteiger partial charge in [-0.25, -0.2) is 40.9 Å². The molecule has 0 saturated carbocycles. The zero-order valence-corrected chi connectivity index (χ0v) is 44.9. The maximum Gasteiger partial charge on any atom is 0.410 e. The molecule has 0 radical (unpaired) electrons. The van der Waals surface area contributed by atoms with Crippen LogP contribution in [-0.2, 0) is 24.8 Å². The molecule has 72 heavy (non-hydrogen) atoms. The van der Waals surface area contributed by atoms with Gasteiger partial charge in [-0.2, -0.15) is 14.7 Å². The van der Waals surface area contributed by atoms with Gasteiger partial charge in [0.2, 0.25) is 20.0 Å². The van der Waals surface area contributed by atoms with E-state index in [1.807, 2.05) is 88.2 Å². The number of sulfonamides is 2. The lowest BCUT2D eigenvalue weighted by Gasteiger charge is -2.35. The van der Waals surface area contributed by atoms with Gasteiger partial charge >= 0.3 is 12.1 Å². The van der Waals surface area contributed by atoms with Crippen LogP contribution in [0, 0.1) is 27.7 Å². The first-order valence-corrected chi connectivity index (χ1v) is 27.5.